The molecule has 9 nitrogen and oxygen atoms in total. The molecule has 5 rings (SSSR count). The lowest BCUT2D eigenvalue weighted by molar-refractivity contribution is 0.0712. The zero-order chi connectivity index (χ0) is 21.9. The van der Waals surface area contributed by atoms with Gasteiger partial charge in [-0.1, -0.05) is 5.16 Å². The molecule has 0 atom stereocenters. The molecule has 1 amide bonds. The van der Waals surface area contributed by atoms with Crippen LogP contribution >= 0.6 is 0 Å². The van der Waals surface area contributed by atoms with E-state index >= 15 is 0 Å². The molecule has 0 unspecified atom stereocenters. The summed E-state index contributed by atoms with van der Waals surface area (Å²) in [5, 5.41) is 4.04. The predicted octanol–water partition coefficient (Wildman–Crippen LogP) is 2.69. The van der Waals surface area contributed by atoms with Gasteiger partial charge in [-0.25, -0.2) is 9.97 Å². The highest BCUT2D eigenvalue weighted by Crippen LogP contribution is 2.35. The minimum Gasteiger partial charge on any atom is -0.378 e. The van der Waals surface area contributed by atoms with E-state index < -0.39 is 0 Å². The van der Waals surface area contributed by atoms with Crippen LogP contribution < -0.4 is 4.90 Å². The van der Waals surface area contributed by atoms with Gasteiger partial charge in [0, 0.05) is 62.3 Å². The van der Waals surface area contributed by atoms with Crippen LogP contribution in [0.3, 0.4) is 0 Å². The van der Waals surface area contributed by atoms with Gasteiger partial charge in [0.2, 0.25) is 5.95 Å². The Morgan fingerprint density at radius 3 is 2.53 bits per heavy atom. The van der Waals surface area contributed by atoms with E-state index in [-0.39, 0.29) is 11.8 Å². The summed E-state index contributed by atoms with van der Waals surface area (Å²) in [5.41, 5.74) is 3.34. The van der Waals surface area contributed by atoms with Crippen molar-refractivity contribution in [2.75, 3.05) is 44.3 Å². The summed E-state index contributed by atoms with van der Waals surface area (Å²) in [6.45, 7) is 6.17. The van der Waals surface area contributed by atoms with E-state index in [4.69, 9.17) is 14.2 Å². The molecule has 0 bridgehead atoms. The topological polar surface area (TPSA) is 97.5 Å². The summed E-state index contributed by atoms with van der Waals surface area (Å²) in [6.07, 6.45) is 6.81. The summed E-state index contributed by atoms with van der Waals surface area (Å²) >= 11 is 0. The number of amides is 1. The lowest BCUT2D eigenvalue weighted by Crippen LogP contribution is -2.39. The van der Waals surface area contributed by atoms with Gasteiger partial charge < -0.3 is 19.1 Å². The normalized spacial score (nSPS) is 17.5. The Bertz CT molecular complexity index is 1070. The maximum absolute atomic E-state index is 12.8. The number of aromatic nitrogens is 4. The van der Waals surface area contributed by atoms with Crippen molar-refractivity contribution in [1.29, 1.82) is 0 Å². The Hall–Kier alpha value is -3.33. The molecule has 2 saturated heterocycles. The Morgan fingerprint density at radius 2 is 1.84 bits per heavy atom. The molecule has 0 radical (unpaired) electrons. The van der Waals surface area contributed by atoms with Gasteiger partial charge >= 0.3 is 0 Å². The van der Waals surface area contributed by atoms with Crippen molar-refractivity contribution in [1.82, 2.24) is 25.0 Å². The molecule has 0 aromatic carbocycles. The van der Waals surface area contributed by atoms with Crippen LogP contribution in [-0.2, 0) is 4.74 Å². The SMILES string of the molecule is Cc1cc(-c2cnc(N3CCOCC3)nc2C2CCN(C(=O)c3ccncc3)CC2)on1. The third-order valence-corrected chi connectivity index (χ3v) is 6.09. The number of piperidine rings is 1. The summed E-state index contributed by atoms with van der Waals surface area (Å²) in [6, 6.07) is 5.44. The molecule has 0 saturated carbocycles. The molecule has 0 N–H and O–H groups in total. The predicted molar refractivity (Wildman–Crippen MR) is 117 cm³/mol. The molecule has 0 spiro atoms. The van der Waals surface area contributed by atoms with E-state index in [9.17, 15) is 4.79 Å². The molecule has 3 aromatic rings. The van der Waals surface area contributed by atoms with Gasteiger partial charge in [-0.3, -0.25) is 9.78 Å². The second-order valence-electron chi connectivity index (χ2n) is 8.20. The molecular formula is C23H26N6O3. The van der Waals surface area contributed by atoms with E-state index in [1.807, 2.05) is 24.1 Å². The van der Waals surface area contributed by atoms with Crippen molar-refractivity contribution >= 4 is 11.9 Å². The van der Waals surface area contributed by atoms with E-state index in [0.717, 1.165) is 48.8 Å². The van der Waals surface area contributed by atoms with Crippen molar-refractivity contribution in [3.05, 3.63) is 53.7 Å². The number of hydrogen-bond donors (Lipinski definition) is 0. The van der Waals surface area contributed by atoms with Gasteiger partial charge in [-0.15, -0.1) is 0 Å². The van der Waals surface area contributed by atoms with Crippen LogP contribution in [0.2, 0.25) is 0 Å². The maximum Gasteiger partial charge on any atom is 0.253 e. The van der Waals surface area contributed by atoms with Gasteiger partial charge in [0.1, 0.15) is 0 Å². The first kappa shape index (κ1) is 20.6. The fraction of sp³-hybridized carbons (Fsp3) is 0.435. The molecule has 166 valence electrons. The first-order valence-electron chi connectivity index (χ1n) is 11.0. The van der Waals surface area contributed by atoms with E-state index in [0.29, 0.717) is 37.6 Å². The molecule has 2 fully saturated rings. The zero-order valence-electron chi connectivity index (χ0n) is 18.1. The summed E-state index contributed by atoms with van der Waals surface area (Å²) in [5.74, 6) is 1.66. The number of aryl methyl sites for hydroxylation is 1. The van der Waals surface area contributed by atoms with E-state index in [2.05, 4.69) is 20.0 Å². The molecule has 3 aromatic heterocycles. The van der Waals surface area contributed by atoms with E-state index in [1.54, 1.807) is 24.5 Å². The third kappa shape index (κ3) is 4.20. The Morgan fingerprint density at radius 1 is 1.09 bits per heavy atom. The first-order chi connectivity index (χ1) is 15.7. The van der Waals surface area contributed by atoms with Crippen LogP contribution in [0.4, 0.5) is 5.95 Å². The number of morpholine rings is 1. The highest BCUT2D eigenvalue weighted by molar-refractivity contribution is 5.94. The van der Waals surface area contributed by atoms with Crippen molar-refractivity contribution < 1.29 is 14.1 Å². The Labute approximate surface area is 186 Å². The van der Waals surface area contributed by atoms with Crippen molar-refractivity contribution in [2.24, 2.45) is 0 Å². The number of ether oxygens (including phenoxy) is 1. The largest absolute Gasteiger partial charge is 0.378 e. The van der Waals surface area contributed by atoms with Crippen LogP contribution in [-0.4, -0.2) is 70.3 Å². The highest BCUT2D eigenvalue weighted by atomic mass is 16.5. The zero-order valence-corrected chi connectivity index (χ0v) is 18.1. The van der Waals surface area contributed by atoms with Crippen molar-refractivity contribution in [2.45, 2.75) is 25.7 Å². The first-order valence-corrected chi connectivity index (χ1v) is 11.0. The summed E-state index contributed by atoms with van der Waals surface area (Å²) in [7, 11) is 0. The number of rotatable bonds is 4. The fourth-order valence-electron chi connectivity index (χ4n) is 4.33. The minimum absolute atomic E-state index is 0.0497. The third-order valence-electron chi connectivity index (χ3n) is 6.09. The number of nitrogens with zero attached hydrogens (tertiary/aromatic N) is 6. The molecule has 2 aliphatic rings. The monoisotopic (exact) mass is 434 g/mol. The minimum atomic E-state index is 0.0497. The molecular weight excluding hydrogens is 408 g/mol. The van der Waals surface area contributed by atoms with Gasteiger partial charge in [-0.05, 0) is 31.9 Å². The molecule has 32 heavy (non-hydrogen) atoms. The van der Waals surface area contributed by atoms with Crippen molar-refractivity contribution in [3.63, 3.8) is 0 Å². The quantitative estimate of drug-likeness (QED) is 0.618. The lowest BCUT2D eigenvalue weighted by Gasteiger charge is -2.33. The average molecular weight is 435 g/mol. The number of carbonyl (C=O) groups excluding carboxylic acids is 1. The fourth-order valence-corrected chi connectivity index (χ4v) is 4.33. The standard InChI is InChI=1S/C23H26N6O3/c1-16-14-20(32-27-16)19-15-25-23(29-10-12-31-13-11-29)26-21(19)17-4-8-28(9-5-17)22(30)18-2-6-24-7-3-18/h2-3,6-7,14-15,17H,4-5,8-13H2,1H3. The smallest absolute Gasteiger partial charge is 0.253 e. The van der Waals surface area contributed by atoms with Gasteiger partial charge in [-0.2, -0.15) is 0 Å². The van der Waals surface area contributed by atoms with E-state index in [1.165, 1.54) is 0 Å². The second kappa shape index (κ2) is 9.04. The number of anilines is 1. The molecule has 0 aliphatic carbocycles. The lowest BCUT2D eigenvalue weighted by atomic mass is 9.90. The van der Waals surface area contributed by atoms with Gasteiger partial charge in [0.15, 0.2) is 5.76 Å². The Balaban J connectivity index is 1.39. The molecule has 2 aliphatic heterocycles. The maximum atomic E-state index is 12.8. The van der Waals surface area contributed by atoms with Crippen molar-refractivity contribution in [3.8, 4) is 11.3 Å². The average Bonchev–Trinajstić information content (AvgIpc) is 3.30. The van der Waals surface area contributed by atoms with Crippen LogP contribution in [0.5, 0.6) is 0 Å². The number of pyridine rings is 1. The summed E-state index contributed by atoms with van der Waals surface area (Å²) < 4.78 is 11.0. The van der Waals surface area contributed by atoms with Gasteiger partial charge in [0.25, 0.3) is 5.91 Å². The van der Waals surface area contributed by atoms with Crippen LogP contribution in [0.15, 0.2) is 41.3 Å². The van der Waals surface area contributed by atoms with Crippen LogP contribution in [0, 0.1) is 6.92 Å². The number of carbonyl (C=O) groups is 1. The molecule has 9 heteroatoms. The van der Waals surface area contributed by atoms with Crippen LogP contribution in [0.1, 0.15) is 40.5 Å². The highest BCUT2D eigenvalue weighted by Gasteiger charge is 2.29. The second-order valence-corrected chi connectivity index (χ2v) is 8.20. The summed E-state index contributed by atoms with van der Waals surface area (Å²) in [4.78, 5) is 30.5. The van der Waals surface area contributed by atoms with Gasteiger partial charge in [0.05, 0.1) is 30.2 Å². The number of likely N-dealkylation sites (tertiary alicyclic amines) is 1. The Kier molecular flexibility index (Phi) is 5.81. The number of hydrogen-bond acceptors (Lipinski definition) is 8. The molecule has 5 heterocycles. The van der Waals surface area contributed by atoms with Crippen LogP contribution in [0.25, 0.3) is 11.3 Å².